The molecule has 1 aromatic rings. The van der Waals surface area contributed by atoms with Crippen LogP contribution >= 0.6 is 24.0 Å². The summed E-state index contributed by atoms with van der Waals surface area (Å²) >= 11 is 0. The van der Waals surface area contributed by atoms with Gasteiger partial charge < -0.3 is 15.2 Å². The summed E-state index contributed by atoms with van der Waals surface area (Å²) in [7, 11) is 1.85. The summed E-state index contributed by atoms with van der Waals surface area (Å²) in [5, 5.41) is 15.8. The molecule has 8 heteroatoms. The SMILES string of the molecule is CN=C(NCCc1nnc2n1CCCCC2)NC1CCN(C2CC2)C1.I. The number of guanidine groups is 1. The minimum absolute atomic E-state index is 0. The van der Waals surface area contributed by atoms with Crippen LogP contribution in [0.15, 0.2) is 4.99 Å². The third-order valence-corrected chi connectivity index (χ3v) is 5.67. The van der Waals surface area contributed by atoms with Gasteiger partial charge in [-0.15, -0.1) is 34.2 Å². The fraction of sp³-hybridized carbons (Fsp3) is 0.833. The standard InChI is InChI=1S/C18H31N7.HI/c1-19-18(21-14-9-12-24(13-14)15-6-7-15)20-10-8-17-23-22-16-5-3-2-4-11-25(16)17;/h14-15H,2-13H2,1H3,(H2,19,20,21);1H. The van der Waals surface area contributed by atoms with E-state index in [9.17, 15) is 0 Å². The lowest BCUT2D eigenvalue weighted by Gasteiger charge is -2.18. The second-order valence-corrected chi connectivity index (χ2v) is 7.60. The van der Waals surface area contributed by atoms with Crippen LogP contribution in [-0.2, 0) is 19.4 Å². The highest BCUT2D eigenvalue weighted by Gasteiger charge is 2.34. The summed E-state index contributed by atoms with van der Waals surface area (Å²) in [6.45, 7) is 4.30. The van der Waals surface area contributed by atoms with Crippen LogP contribution in [0.2, 0.25) is 0 Å². The van der Waals surface area contributed by atoms with Crippen molar-refractivity contribution in [3.05, 3.63) is 11.6 Å². The van der Waals surface area contributed by atoms with Gasteiger partial charge in [-0.1, -0.05) is 6.42 Å². The zero-order chi connectivity index (χ0) is 17.1. The van der Waals surface area contributed by atoms with Crippen molar-refractivity contribution in [2.24, 2.45) is 4.99 Å². The maximum absolute atomic E-state index is 4.41. The van der Waals surface area contributed by atoms with Gasteiger partial charge in [0.15, 0.2) is 5.96 Å². The van der Waals surface area contributed by atoms with Crippen LogP contribution in [0, 0.1) is 0 Å². The number of aryl methyl sites for hydroxylation is 1. The Balaban J connectivity index is 0.00000196. The molecule has 2 N–H and O–H groups in total. The van der Waals surface area contributed by atoms with Gasteiger partial charge in [-0.05, 0) is 32.1 Å². The van der Waals surface area contributed by atoms with Crippen LogP contribution in [0.5, 0.6) is 0 Å². The molecule has 3 heterocycles. The maximum Gasteiger partial charge on any atom is 0.191 e. The molecule has 2 fully saturated rings. The van der Waals surface area contributed by atoms with Crippen LogP contribution in [0.3, 0.4) is 0 Å². The van der Waals surface area contributed by atoms with Crippen LogP contribution in [0.4, 0.5) is 0 Å². The topological polar surface area (TPSA) is 70.4 Å². The molecule has 1 aliphatic carbocycles. The van der Waals surface area contributed by atoms with E-state index >= 15 is 0 Å². The van der Waals surface area contributed by atoms with Gasteiger partial charge in [0.25, 0.3) is 0 Å². The number of rotatable bonds is 5. The molecule has 7 nitrogen and oxygen atoms in total. The minimum atomic E-state index is 0. The third kappa shape index (κ3) is 4.88. The third-order valence-electron chi connectivity index (χ3n) is 5.67. The predicted molar refractivity (Wildman–Crippen MR) is 114 cm³/mol. The predicted octanol–water partition coefficient (Wildman–Crippen LogP) is 1.57. The molecular weight excluding hydrogens is 441 g/mol. The Morgan fingerprint density at radius 1 is 1.15 bits per heavy atom. The number of likely N-dealkylation sites (tertiary alicyclic amines) is 1. The maximum atomic E-state index is 4.41. The number of fused-ring (bicyclic) bond motifs is 1. The molecule has 0 radical (unpaired) electrons. The number of aromatic nitrogens is 3. The smallest absolute Gasteiger partial charge is 0.191 e. The Hall–Kier alpha value is -0.900. The zero-order valence-corrected chi connectivity index (χ0v) is 18.1. The molecule has 0 bridgehead atoms. The first-order valence-corrected chi connectivity index (χ1v) is 9.95. The van der Waals surface area contributed by atoms with E-state index in [1.807, 2.05) is 7.05 Å². The number of nitrogens with one attached hydrogen (secondary N) is 2. The largest absolute Gasteiger partial charge is 0.356 e. The number of nitrogens with zero attached hydrogens (tertiary/aromatic N) is 5. The molecule has 0 aromatic carbocycles. The van der Waals surface area contributed by atoms with E-state index in [0.717, 1.165) is 50.3 Å². The summed E-state index contributed by atoms with van der Waals surface area (Å²) in [6.07, 6.45) is 9.76. The van der Waals surface area contributed by atoms with Gasteiger partial charge in [0.05, 0.1) is 0 Å². The number of hydrogen-bond donors (Lipinski definition) is 2. The fourth-order valence-electron chi connectivity index (χ4n) is 4.09. The average molecular weight is 473 g/mol. The quantitative estimate of drug-likeness (QED) is 0.386. The van der Waals surface area contributed by atoms with E-state index in [0.29, 0.717) is 6.04 Å². The van der Waals surface area contributed by atoms with Gasteiger partial charge in [0.2, 0.25) is 0 Å². The van der Waals surface area contributed by atoms with Crippen molar-refractivity contribution < 1.29 is 0 Å². The second-order valence-electron chi connectivity index (χ2n) is 7.60. The van der Waals surface area contributed by atoms with Gasteiger partial charge in [-0.2, -0.15) is 0 Å². The molecule has 1 unspecified atom stereocenters. The average Bonchev–Trinajstić information content (AvgIpc) is 3.33. The summed E-state index contributed by atoms with van der Waals surface area (Å²) in [5.41, 5.74) is 0. The Bertz CT molecular complexity index is 611. The first-order chi connectivity index (χ1) is 12.3. The highest BCUT2D eigenvalue weighted by atomic mass is 127. The van der Waals surface area contributed by atoms with Gasteiger partial charge in [-0.25, -0.2) is 0 Å². The number of halogens is 1. The summed E-state index contributed by atoms with van der Waals surface area (Å²) in [6, 6.07) is 1.39. The van der Waals surface area contributed by atoms with Crippen molar-refractivity contribution in [2.75, 3.05) is 26.7 Å². The van der Waals surface area contributed by atoms with Gasteiger partial charge in [0, 0.05) is 58.2 Å². The number of hydrogen-bond acceptors (Lipinski definition) is 4. The number of aliphatic imine (C=N–C) groups is 1. The molecule has 3 aliphatic rings. The molecule has 4 rings (SSSR count). The molecule has 1 atom stereocenters. The second kappa shape index (κ2) is 9.34. The van der Waals surface area contributed by atoms with Gasteiger partial charge in [0.1, 0.15) is 11.6 Å². The molecule has 2 aliphatic heterocycles. The Morgan fingerprint density at radius 2 is 2.04 bits per heavy atom. The van der Waals surface area contributed by atoms with Crippen LogP contribution < -0.4 is 10.6 Å². The van der Waals surface area contributed by atoms with Crippen molar-refractivity contribution in [1.82, 2.24) is 30.3 Å². The Labute approximate surface area is 173 Å². The van der Waals surface area contributed by atoms with Crippen LogP contribution in [-0.4, -0.2) is 64.4 Å². The molecule has 0 spiro atoms. The normalized spacial score (nSPS) is 23.9. The summed E-state index contributed by atoms with van der Waals surface area (Å²) in [5.74, 6) is 3.19. The van der Waals surface area contributed by atoms with Crippen LogP contribution in [0.25, 0.3) is 0 Å². The van der Waals surface area contributed by atoms with E-state index in [1.165, 1.54) is 50.9 Å². The van der Waals surface area contributed by atoms with Crippen molar-refractivity contribution in [3.63, 3.8) is 0 Å². The summed E-state index contributed by atoms with van der Waals surface area (Å²) in [4.78, 5) is 7.01. The minimum Gasteiger partial charge on any atom is -0.356 e. The van der Waals surface area contributed by atoms with E-state index in [1.54, 1.807) is 0 Å². The fourth-order valence-corrected chi connectivity index (χ4v) is 4.09. The van der Waals surface area contributed by atoms with Crippen molar-refractivity contribution in [3.8, 4) is 0 Å². The molecule has 146 valence electrons. The Kier molecular flexibility index (Phi) is 7.13. The highest BCUT2D eigenvalue weighted by molar-refractivity contribution is 14.0. The molecule has 26 heavy (non-hydrogen) atoms. The summed E-state index contributed by atoms with van der Waals surface area (Å²) < 4.78 is 2.33. The molecule has 1 saturated carbocycles. The van der Waals surface area contributed by atoms with Crippen molar-refractivity contribution in [2.45, 2.75) is 70.0 Å². The van der Waals surface area contributed by atoms with Crippen LogP contribution in [0.1, 0.15) is 50.2 Å². The lowest BCUT2D eigenvalue weighted by Crippen LogP contribution is -2.45. The van der Waals surface area contributed by atoms with Crippen molar-refractivity contribution >= 4 is 29.9 Å². The van der Waals surface area contributed by atoms with E-state index < -0.39 is 0 Å². The monoisotopic (exact) mass is 473 g/mol. The van der Waals surface area contributed by atoms with Gasteiger partial charge in [-0.3, -0.25) is 9.89 Å². The molecule has 0 amide bonds. The van der Waals surface area contributed by atoms with E-state index in [-0.39, 0.29) is 24.0 Å². The lowest BCUT2D eigenvalue weighted by atomic mass is 10.2. The first-order valence-electron chi connectivity index (χ1n) is 9.95. The van der Waals surface area contributed by atoms with E-state index in [2.05, 4.69) is 35.3 Å². The van der Waals surface area contributed by atoms with E-state index in [4.69, 9.17) is 0 Å². The highest BCUT2D eigenvalue weighted by Crippen LogP contribution is 2.29. The zero-order valence-electron chi connectivity index (χ0n) is 15.8. The molecular formula is C18H32IN7. The first kappa shape index (κ1) is 19.9. The van der Waals surface area contributed by atoms with Gasteiger partial charge >= 0.3 is 0 Å². The molecule has 1 saturated heterocycles. The molecule has 1 aromatic heterocycles. The lowest BCUT2D eigenvalue weighted by molar-refractivity contribution is 0.321. The Morgan fingerprint density at radius 3 is 2.85 bits per heavy atom. The van der Waals surface area contributed by atoms with Crippen molar-refractivity contribution in [1.29, 1.82) is 0 Å².